The molecule has 0 radical (unpaired) electrons. The van der Waals surface area contributed by atoms with Crippen LogP contribution >= 0.6 is 0 Å². The molecule has 0 bridgehead atoms. The van der Waals surface area contributed by atoms with Crippen LogP contribution in [0.1, 0.15) is 0 Å². The number of piperazine rings is 1. The molecule has 1 aliphatic heterocycles. The summed E-state index contributed by atoms with van der Waals surface area (Å²) >= 11 is 0. The van der Waals surface area contributed by atoms with Gasteiger partial charge in [-0.2, -0.15) is 4.31 Å². The number of hydrogen-bond acceptors (Lipinski definition) is 5. The minimum atomic E-state index is -3.71. The maximum atomic E-state index is 12.4. The normalized spacial score (nSPS) is 16.3. The Morgan fingerprint density at radius 1 is 1.18 bits per heavy atom. The smallest absolute Gasteiger partial charge is 0.269 e. The highest BCUT2D eigenvalue weighted by molar-refractivity contribution is 7.89. The molecule has 1 amide bonds. The zero-order chi connectivity index (χ0) is 16.3. The summed E-state index contributed by atoms with van der Waals surface area (Å²) in [5, 5.41) is 10.6. The van der Waals surface area contributed by atoms with Crippen LogP contribution in [-0.4, -0.2) is 54.6 Å². The van der Waals surface area contributed by atoms with Crippen molar-refractivity contribution in [2.75, 3.05) is 26.2 Å². The minimum absolute atomic E-state index is 0.00148. The van der Waals surface area contributed by atoms with E-state index in [1.165, 1.54) is 27.4 Å². The molecule has 1 fully saturated rings. The first-order valence-electron chi connectivity index (χ1n) is 6.52. The van der Waals surface area contributed by atoms with Gasteiger partial charge in [0.2, 0.25) is 15.9 Å². The van der Waals surface area contributed by atoms with Crippen LogP contribution in [0.25, 0.3) is 0 Å². The van der Waals surface area contributed by atoms with Crippen molar-refractivity contribution in [2.45, 2.75) is 4.90 Å². The van der Waals surface area contributed by atoms with Gasteiger partial charge in [-0.1, -0.05) is 6.58 Å². The molecule has 1 aromatic rings. The van der Waals surface area contributed by atoms with E-state index in [-0.39, 0.29) is 42.7 Å². The molecule has 0 spiro atoms. The van der Waals surface area contributed by atoms with Crippen LogP contribution in [0.15, 0.2) is 41.8 Å². The number of non-ortho nitro benzene ring substituents is 1. The summed E-state index contributed by atoms with van der Waals surface area (Å²) in [6.07, 6.45) is 1.19. The number of nitro benzene ring substituents is 1. The van der Waals surface area contributed by atoms with E-state index >= 15 is 0 Å². The van der Waals surface area contributed by atoms with Gasteiger partial charge in [-0.15, -0.1) is 0 Å². The predicted molar refractivity (Wildman–Crippen MR) is 78.6 cm³/mol. The van der Waals surface area contributed by atoms with Crippen LogP contribution < -0.4 is 0 Å². The van der Waals surface area contributed by atoms with Gasteiger partial charge in [0.1, 0.15) is 0 Å². The molecule has 1 aromatic carbocycles. The molecule has 1 heterocycles. The SMILES string of the molecule is C=CC(=O)N1CCN(S(=O)(=O)c2ccc([N+](=O)[O-])cc2)CC1. The van der Waals surface area contributed by atoms with Gasteiger partial charge in [-0.3, -0.25) is 14.9 Å². The molecule has 118 valence electrons. The molecule has 1 saturated heterocycles. The van der Waals surface area contributed by atoms with E-state index < -0.39 is 14.9 Å². The summed E-state index contributed by atoms with van der Waals surface area (Å²) in [5.74, 6) is -0.229. The van der Waals surface area contributed by atoms with Crippen molar-refractivity contribution in [1.82, 2.24) is 9.21 Å². The largest absolute Gasteiger partial charge is 0.337 e. The van der Waals surface area contributed by atoms with Gasteiger partial charge in [0.15, 0.2) is 0 Å². The molecule has 0 aliphatic carbocycles. The average molecular weight is 325 g/mol. The molecule has 9 heteroatoms. The van der Waals surface area contributed by atoms with Crippen LogP contribution in [0.5, 0.6) is 0 Å². The van der Waals surface area contributed by atoms with Gasteiger partial charge in [0.05, 0.1) is 9.82 Å². The molecule has 22 heavy (non-hydrogen) atoms. The van der Waals surface area contributed by atoms with Gasteiger partial charge >= 0.3 is 0 Å². The molecule has 1 aliphatic rings. The number of amides is 1. The van der Waals surface area contributed by atoms with Gasteiger partial charge in [0.25, 0.3) is 5.69 Å². The van der Waals surface area contributed by atoms with Crippen LogP contribution in [0.4, 0.5) is 5.69 Å². The lowest BCUT2D eigenvalue weighted by Crippen LogP contribution is -2.50. The Balaban J connectivity index is 2.13. The van der Waals surface area contributed by atoms with Crippen LogP contribution in [-0.2, 0) is 14.8 Å². The van der Waals surface area contributed by atoms with E-state index in [4.69, 9.17) is 0 Å². The number of nitro groups is 1. The van der Waals surface area contributed by atoms with Gasteiger partial charge < -0.3 is 4.90 Å². The molecular weight excluding hydrogens is 310 g/mol. The fourth-order valence-electron chi connectivity index (χ4n) is 2.17. The molecule has 8 nitrogen and oxygen atoms in total. The van der Waals surface area contributed by atoms with Crippen molar-refractivity contribution in [3.63, 3.8) is 0 Å². The molecule has 0 atom stereocenters. The molecule has 0 unspecified atom stereocenters. The number of hydrogen-bond donors (Lipinski definition) is 0. The van der Waals surface area contributed by atoms with Crippen molar-refractivity contribution in [1.29, 1.82) is 0 Å². The van der Waals surface area contributed by atoms with Gasteiger partial charge in [-0.25, -0.2) is 8.42 Å². The van der Waals surface area contributed by atoms with Gasteiger partial charge in [0, 0.05) is 38.3 Å². The fourth-order valence-corrected chi connectivity index (χ4v) is 3.59. The maximum absolute atomic E-state index is 12.4. The highest BCUT2D eigenvalue weighted by atomic mass is 32.2. The number of benzene rings is 1. The number of carbonyl (C=O) groups excluding carboxylic acids is 1. The lowest BCUT2D eigenvalue weighted by atomic mass is 10.3. The molecule has 2 rings (SSSR count). The molecular formula is C13H15N3O5S. The Bertz CT molecular complexity index is 691. The Morgan fingerprint density at radius 2 is 1.73 bits per heavy atom. The van der Waals surface area contributed by atoms with Crippen molar-refractivity contribution in [2.24, 2.45) is 0 Å². The quantitative estimate of drug-likeness (QED) is 0.459. The van der Waals surface area contributed by atoms with E-state index in [0.717, 1.165) is 12.1 Å². The van der Waals surface area contributed by atoms with E-state index in [1.54, 1.807) is 0 Å². The summed E-state index contributed by atoms with van der Waals surface area (Å²) in [4.78, 5) is 23.0. The zero-order valence-corrected chi connectivity index (χ0v) is 12.5. The molecule has 0 N–H and O–H groups in total. The average Bonchev–Trinajstić information content (AvgIpc) is 2.54. The summed E-state index contributed by atoms with van der Waals surface area (Å²) in [5.41, 5.74) is -0.166. The third-order valence-corrected chi connectivity index (χ3v) is 5.32. The number of carbonyl (C=O) groups is 1. The topological polar surface area (TPSA) is 101 Å². The summed E-state index contributed by atoms with van der Waals surface area (Å²) in [6, 6.07) is 4.75. The Hall–Kier alpha value is -2.26. The van der Waals surface area contributed by atoms with E-state index in [2.05, 4.69) is 6.58 Å². The lowest BCUT2D eigenvalue weighted by Gasteiger charge is -2.33. The van der Waals surface area contributed by atoms with Crippen LogP contribution in [0, 0.1) is 10.1 Å². The zero-order valence-electron chi connectivity index (χ0n) is 11.7. The van der Waals surface area contributed by atoms with Crippen molar-refractivity contribution >= 4 is 21.6 Å². The minimum Gasteiger partial charge on any atom is -0.337 e. The standard InChI is InChI=1S/C13H15N3O5S/c1-2-13(17)14-7-9-15(10-8-14)22(20,21)12-5-3-11(4-6-12)16(18)19/h2-6H,1,7-10H2. The third kappa shape index (κ3) is 3.15. The predicted octanol–water partition coefficient (Wildman–Crippen LogP) is 0.614. The Kier molecular flexibility index (Phi) is 4.57. The van der Waals surface area contributed by atoms with E-state index in [0.29, 0.717) is 0 Å². The van der Waals surface area contributed by atoms with Crippen molar-refractivity contribution < 1.29 is 18.1 Å². The summed E-state index contributed by atoms with van der Waals surface area (Å²) in [7, 11) is -3.71. The second kappa shape index (κ2) is 6.24. The fraction of sp³-hybridized carbons (Fsp3) is 0.308. The highest BCUT2D eigenvalue weighted by Gasteiger charge is 2.29. The molecule has 0 saturated carbocycles. The first-order chi connectivity index (χ1) is 10.4. The van der Waals surface area contributed by atoms with E-state index in [9.17, 15) is 23.3 Å². The highest BCUT2D eigenvalue weighted by Crippen LogP contribution is 2.20. The Labute approximate surface area is 127 Å². The second-order valence-electron chi connectivity index (χ2n) is 4.68. The van der Waals surface area contributed by atoms with Gasteiger partial charge in [-0.05, 0) is 18.2 Å². The van der Waals surface area contributed by atoms with Crippen LogP contribution in [0.3, 0.4) is 0 Å². The number of nitrogens with zero attached hydrogens (tertiary/aromatic N) is 3. The second-order valence-corrected chi connectivity index (χ2v) is 6.62. The third-order valence-electron chi connectivity index (χ3n) is 3.41. The summed E-state index contributed by atoms with van der Waals surface area (Å²) in [6.45, 7) is 4.33. The molecule has 0 aromatic heterocycles. The lowest BCUT2D eigenvalue weighted by molar-refractivity contribution is -0.384. The number of sulfonamides is 1. The Morgan fingerprint density at radius 3 is 2.18 bits per heavy atom. The summed E-state index contributed by atoms with van der Waals surface area (Å²) < 4.78 is 26.2. The monoisotopic (exact) mass is 325 g/mol. The first-order valence-corrected chi connectivity index (χ1v) is 7.96. The van der Waals surface area contributed by atoms with Crippen molar-refractivity contribution in [3.8, 4) is 0 Å². The first kappa shape index (κ1) is 16.1. The van der Waals surface area contributed by atoms with Crippen molar-refractivity contribution in [3.05, 3.63) is 47.0 Å². The maximum Gasteiger partial charge on any atom is 0.269 e. The van der Waals surface area contributed by atoms with Crippen LogP contribution in [0.2, 0.25) is 0 Å². The number of rotatable bonds is 4. The van der Waals surface area contributed by atoms with E-state index in [1.807, 2.05) is 0 Å².